The van der Waals surface area contributed by atoms with Crippen LogP contribution in [0.2, 0.25) is 0 Å². The summed E-state index contributed by atoms with van der Waals surface area (Å²) in [5.74, 6) is 0.431. The minimum absolute atomic E-state index is 0.0124. The molecule has 1 aromatic carbocycles. The van der Waals surface area contributed by atoms with Gasteiger partial charge in [0.25, 0.3) is 10.0 Å². The Morgan fingerprint density at radius 1 is 1.29 bits per heavy atom. The molecule has 1 atom stereocenters. The molecule has 0 spiro atoms. The summed E-state index contributed by atoms with van der Waals surface area (Å²) in [5.41, 5.74) is 2.28. The van der Waals surface area contributed by atoms with E-state index < -0.39 is 16.1 Å². The Morgan fingerprint density at radius 2 is 2.12 bits per heavy atom. The van der Waals surface area contributed by atoms with E-state index in [0.29, 0.717) is 28.2 Å². The number of carbonyl (C=O) groups is 1. The summed E-state index contributed by atoms with van der Waals surface area (Å²) in [5, 5.41) is 20.5. The highest BCUT2D eigenvalue weighted by atomic mass is 32.2. The second-order valence-corrected chi connectivity index (χ2v) is 11.5. The third-order valence-corrected chi connectivity index (χ3v) is 8.08. The smallest absolute Gasteiger partial charge is 0.265 e. The molecule has 3 heterocycles. The number of fused-ring (bicyclic) bond motifs is 1. The van der Waals surface area contributed by atoms with Crippen molar-refractivity contribution < 1.29 is 17.9 Å². The Hall–Kier alpha value is -2.87. The Kier molecular flexibility index (Phi) is 7.26. The highest BCUT2D eigenvalue weighted by Gasteiger charge is 2.25. The van der Waals surface area contributed by atoms with Crippen LogP contribution >= 0.6 is 22.7 Å². The molecule has 1 amide bonds. The van der Waals surface area contributed by atoms with Crippen LogP contribution in [-0.4, -0.2) is 40.8 Å². The van der Waals surface area contributed by atoms with E-state index >= 15 is 0 Å². The largest absolute Gasteiger partial charge is 0.487 e. The number of nitrogens with two attached hydrogens (primary N) is 1. The predicted molar refractivity (Wildman–Crippen MR) is 130 cm³/mol. The average molecular weight is 521 g/mol. The van der Waals surface area contributed by atoms with Crippen molar-refractivity contribution in [3.05, 3.63) is 52.5 Å². The van der Waals surface area contributed by atoms with Crippen LogP contribution in [0.1, 0.15) is 31.1 Å². The summed E-state index contributed by atoms with van der Waals surface area (Å²) in [6.45, 7) is 4.61. The molecule has 3 N–H and O–H groups in total. The second-order valence-electron chi connectivity index (χ2n) is 7.99. The Balaban J connectivity index is 1.38. The van der Waals surface area contributed by atoms with E-state index in [0.717, 1.165) is 17.8 Å². The summed E-state index contributed by atoms with van der Waals surface area (Å²) in [4.78, 5) is 16.8. The third-order valence-electron chi connectivity index (χ3n) is 5.01. The quantitative estimate of drug-likeness (QED) is 0.327. The number of aromatic nitrogens is 4. The summed E-state index contributed by atoms with van der Waals surface area (Å²) in [6.07, 6.45) is 2.48. The zero-order valence-electron chi connectivity index (χ0n) is 18.5. The van der Waals surface area contributed by atoms with Gasteiger partial charge in [0.05, 0.1) is 16.4 Å². The van der Waals surface area contributed by atoms with Crippen molar-refractivity contribution in [2.24, 2.45) is 11.1 Å². The number of thiazole rings is 1. The lowest BCUT2D eigenvalue weighted by atomic mass is 10.0. The van der Waals surface area contributed by atoms with Gasteiger partial charge in [0.15, 0.2) is 0 Å². The second kappa shape index (κ2) is 10.2. The maximum Gasteiger partial charge on any atom is 0.265 e. The number of rotatable bonds is 10. The molecule has 4 aromatic rings. The average Bonchev–Trinajstić information content (AvgIpc) is 3.52. The standard InChI is InChI=1S/C21H24N6O4S3/c1-13(2)19(20(28)23-7-5-14-6-8-32-12-14)27-10-15(25-26-27)11-31-16-3-4-17-18(9-16)33-21(24-17)34(22,29)30/h3-4,6,8-10,12-13,19H,5,7,11H2,1-2H3,(H,23,28)(H2,22,29,30). The first-order chi connectivity index (χ1) is 16.2. The molecule has 0 aliphatic rings. The van der Waals surface area contributed by atoms with E-state index in [-0.39, 0.29) is 22.8 Å². The fourth-order valence-corrected chi connectivity index (χ4v) is 5.75. The molecule has 0 saturated heterocycles. The van der Waals surface area contributed by atoms with E-state index in [2.05, 4.69) is 26.0 Å². The van der Waals surface area contributed by atoms with Crippen LogP contribution < -0.4 is 15.2 Å². The first-order valence-electron chi connectivity index (χ1n) is 10.5. The van der Waals surface area contributed by atoms with E-state index in [1.54, 1.807) is 40.4 Å². The van der Waals surface area contributed by atoms with E-state index in [9.17, 15) is 13.2 Å². The highest BCUT2D eigenvalue weighted by Crippen LogP contribution is 2.28. The monoisotopic (exact) mass is 520 g/mol. The molecule has 0 aliphatic heterocycles. The molecule has 1 unspecified atom stereocenters. The molecule has 180 valence electrons. The van der Waals surface area contributed by atoms with E-state index in [1.165, 1.54) is 5.56 Å². The number of nitrogens with zero attached hydrogens (tertiary/aromatic N) is 4. The van der Waals surface area contributed by atoms with Gasteiger partial charge in [-0.05, 0) is 52.9 Å². The zero-order chi connectivity index (χ0) is 24.3. The van der Waals surface area contributed by atoms with Crippen molar-refractivity contribution in [3.8, 4) is 5.75 Å². The van der Waals surface area contributed by atoms with Crippen molar-refractivity contribution in [1.29, 1.82) is 0 Å². The van der Waals surface area contributed by atoms with Gasteiger partial charge in [-0.2, -0.15) is 11.3 Å². The normalized spacial score (nSPS) is 12.8. The van der Waals surface area contributed by atoms with Gasteiger partial charge in [-0.3, -0.25) is 4.79 Å². The van der Waals surface area contributed by atoms with Gasteiger partial charge in [0.1, 0.15) is 24.1 Å². The van der Waals surface area contributed by atoms with Gasteiger partial charge in [-0.15, -0.1) is 16.4 Å². The van der Waals surface area contributed by atoms with Gasteiger partial charge in [0, 0.05) is 6.54 Å². The summed E-state index contributed by atoms with van der Waals surface area (Å²) in [6, 6.07) is 6.61. The molecule has 0 aliphatic carbocycles. The van der Waals surface area contributed by atoms with Crippen LogP contribution in [0, 0.1) is 5.92 Å². The topological polar surface area (TPSA) is 142 Å². The van der Waals surface area contributed by atoms with Crippen LogP contribution in [0.15, 0.2) is 45.6 Å². The van der Waals surface area contributed by atoms with Crippen LogP contribution in [0.25, 0.3) is 10.2 Å². The van der Waals surface area contributed by atoms with Crippen molar-refractivity contribution in [3.63, 3.8) is 0 Å². The zero-order valence-corrected chi connectivity index (χ0v) is 21.0. The van der Waals surface area contributed by atoms with Gasteiger partial charge in [0.2, 0.25) is 10.2 Å². The number of hydrogen-bond acceptors (Lipinski definition) is 9. The number of primary sulfonamides is 1. The molecule has 0 fully saturated rings. The first-order valence-corrected chi connectivity index (χ1v) is 13.8. The number of benzene rings is 1. The van der Waals surface area contributed by atoms with Gasteiger partial charge in [-0.25, -0.2) is 23.2 Å². The van der Waals surface area contributed by atoms with Crippen molar-refractivity contribution in [2.45, 2.75) is 37.3 Å². The number of ether oxygens (including phenoxy) is 1. The molecule has 0 saturated carbocycles. The number of amides is 1. The van der Waals surface area contributed by atoms with Crippen molar-refractivity contribution in [2.75, 3.05) is 6.54 Å². The van der Waals surface area contributed by atoms with Gasteiger partial charge >= 0.3 is 0 Å². The van der Waals surface area contributed by atoms with Crippen molar-refractivity contribution in [1.82, 2.24) is 25.3 Å². The van der Waals surface area contributed by atoms with Gasteiger partial charge < -0.3 is 10.1 Å². The summed E-state index contributed by atoms with van der Waals surface area (Å²) < 4.78 is 30.9. The van der Waals surface area contributed by atoms with E-state index in [4.69, 9.17) is 9.88 Å². The maximum absolute atomic E-state index is 12.8. The van der Waals surface area contributed by atoms with Crippen molar-refractivity contribution >= 4 is 48.8 Å². The Labute approximate surface area is 204 Å². The molecule has 0 radical (unpaired) electrons. The highest BCUT2D eigenvalue weighted by molar-refractivity contribution is 7.91. The van der Waals surface area contributed by atoms with Crippen LogP contribution in [0.5, 0.6) is 5.75 Å². The third kappa shape index (κ3) is 5.78. The number of thiophene rings is 1. The minimum atomic E-state index is -3.86. The maximum atomic E-state index is 12.8. The van der Waals surface area contributed by atoms with Gasteiger partial charge in [-0.1, -0.05) is 19.1 Å². The molecule has 4 rings (SSSR count). The Bertz CT molecular complexity index is 1380. The number of hydrogen-bond donors (Lipinski definition) is 2. The lowest BCUT2D eigenvalue weighted by Crippen LogP contribution is -2.36. The molecule has 10 nitrogen and oxygen atoms in total. The predicted octanol–water partition coefficient (Wildman–Crippen LogP) is 2.73. The fourth-order valence-electron chi connectivity index (χ4n) is 3.37. The van der Waals surface area contributed by atoms with Crippen LogP contribution in [-0.2, 0) is 27.8 Å². The Morgan fingerprint density at radius 3 is 2.82 bits per heavy atom. The fraction of sp³-hybridized carbons (Fsp3) is 0.333. The number of carbonyl (C=O) groups excluding carboxylic acids is 1. The molecule has 34 heavy (non-hydrogen) atoms. The minimum Gasteiger partial charge on any atom is -0.487 e. The van der Waals surface area contributed by atoms with E-state index in [1.807, 2.05) is 25.3 Å². The summed E-state index contributed by atoms with van der Waals surface area (Å²) >= 11 is 2.62. The van der Waals surface area contributed by atoms with Crippen LogP contribution in [0.4, 0.5) is 0 Å². The lowest BCUT2D eigenvalue weighted by molar-refractivity contribution is -0.125. The molecular weight excluding hydrogens is 496 g/mol. The SMILES string of the molecule is CC(C)C(C(=O)NCCc1ccsc1)n1cc(COc2ccc3nc(S(N)(=O)=O)sc3c2)nn1. The molecular formula is C21H24N6O4S3. The number of nitrogens with one attached hydrogen (secondary N) is 1. The molecule has 0 bridgehead atoms. The van der Waals surface area contributed by atoms with Crippen LogP contribution in [0.3, 0.4) is 0 Å². The molecule has 3 aromatic heterocycles. The first kappa shape index (κ1) is 24.3. The lowest BCUT2D eigenvalue weighted by Gasteiger charge is -2.20. The summed E-state index contributed by atoms with van der Waals surface area (Å²) in [7, 11) is -3.86. The number of sulfonamides is 1. The molecule has 13 heteroatoms.